The van der Waals surface area contributed by atoms with E-state index in [0.29, 0.717) is 11.6 Å². The summed E-state index contributed by atoms with van der Waals surface area (Å²) >= 11 is 0. The number of halogens is 2. The van der Waals surface area contributed by atoms with Gasteiger partial charge in [-0.2, -0.15) is 0 Å². The molecular formula is C16H9F2O3-. The van der Waals surface area contributed by atoms with E-state index in [2.05, 4.69) is 0 Å². The number of carbonyl (C=O) groups excluding carboxylic acids is 2. The van der Waals surface area contributed by atoms with Crippen LogP contribution in [0, 0.1) is 11.6 Å². The molecule has 5 heteroatoms. The summed E-state index contributed by atoms with van der Waals surface area (Å²) in [6, 6.07) is 8.33. The molecule has 2 aromatic rings. The number of hydrogen-bond donors (Lipinski definition) is 0. The molecule has 0 spiro atoms. The Labute approximate surface area is 119 Å². The van der Waals surface area contributed by atoms with Crippen LogP contribution in [0.25, 0.3) is 6.08 Å². The van der Waals surface area contributed by atoms with Crippen LogP contribution in [0.2, 0.25) is 0 Å². The lowest BCUT2D eigenvalue weighted by Crippen LogP contribution is -2.21. The van der Waals surface area contributed by atoms with Crippen molar-refractivity contribution in [3.05, 3.63) is 76.9 Å². The molecule has 0 aliphatic carbocycles. The lowest BCUT2D eigenvalue weighted by Gasteiger charge is -2.02. The molecule has 0 saturated carbocycles. The number of carbonyl (C=O) groups is 2. The first-order valence-electron chi connectivity index (χ1n) is 5.96. The van der Waals surface area contributed by atoms with Gasteiger partial charge in [-0.05, 0) is 29.3 Å². The molecule has 0 saturated heterocycles. The van der Waals surface area contributed by atoms with Gasteiger partial charge < -0.3 is 9.90 Å². The molecule has 3 nitrogen and oxygen atoms in total. The van der Waals surface area contributed by atoms with Gasteiger partial charge in [0.2, 0.25) is 0 Å². The van der Waals surface area contributed by atoms with Crippen LogP contribution in [0.1, 0.15) is 26.3 Å². The fourth-order valence-electron chi connectivity index (χ4n) is 1.68. The molecule has 2 aromatic carbocycles. The average Bonchev–Trinajstić information content (AvgIpc) is 2.45. The Morgan fingerprint density at radius 3 is 2.24 bits per heavy atom. The number of rotatable bonds is 4. The minimum Gasteiger partial charge on any atom is -0.545 e. The van der Waals surface area contributed by atoms with Gasteiger partial charge in [0.25, 0.3) is 0 Å². The second-order valence-electron chi connectivity index (χ2n) is 4.23. The normalized spacial score (nSPS) is 10.8. The van der Waals surface area contributed by atoms with E-state index in [1.54, 1.807) is 0 Å². The van der Waals surface area contributed by atoms with Gasteiger partial charge >= 0.3 is 0 Å². The number of ketones is 1. The summed E-state index contributed by atoms with van der Waals surface area (Å²) in [6.07, 6.45) is 2.54. The van der Waals surface area contributed by atoms with Crippen molar-refractivity contribution < 1.29 is 23.5 Å². The summed E-state index contributed by atoms with van der Waals surface area (Å²) in [7, 11) is 0. The van der Waals surface area contributed by atoms with Gasteiger partial charge in [0.1, 0.15) is 11.6 Å². The molecule has 0 N–H and O–H groups in total. The van der Waals surface area contributed by atoms with E-state index >= 15 is 0 Å². The Bertz CT molecular complexity index is 719. The Hall–Kier alpha value is -2.82. The van der Waals surface area contributed by atoms with Crippen molar-refractivity contribution >= 4 is 17.8 Å². The van der Waals surface area contributed by atoms with E-state index in [4.69, 9.17) is 0 Å². The summed E-state index contributed by atoms with van der Waals surface area (Å²) < 4.78 is 26.1. The predicted molar refractivity (Wildman–Crippen MR) is 70.5 cm³/mol. The number of benzene rings is 2. The lowest BCUT2D eigenvalue weighted by atomic mass is 10.1. The van der Waals surface area contributed by atoms with Crippen LogP contribution >= 0.6 is 0 Å². The molecule has 0 amide bonds. The molecule has 0 unspecified atom stereocenters. The van der Waals surface area contributed by atoms with Crippen LogP contribution in [0.5, 0.6) is 0 Å². The van der Waals surface area contributed by atoms with Crippen LogP contribution in [0.15, 0.2) is 48.5 Å². The third-order valence-electron chi connectivity index (χ3n) is 2.77. The minimum atomic E-state index is -1.30. The molecule has 0 atom stereocenters. The van der Waals surface area contributed by atoms with Crippen molar-refractivity contribution in [1.82, 2.24) is 0 Å². The Balaban J connectivity index is 2.16. The van der Waals surface area contributed by atoms with Crippen LogP contribution in [-0.2, 0) is 0 Å². The molecule has 0 fully saturated rings. The second-order valence-corrected chi connectivity index (χ2v) is 4.23. The smallest absolute Gasteiger partial charge is 0.188 e. The fourth-order valence-corrected chi connectivity index (χ4v) is 1.68. The van der Waals surface area contributed by atoms with Crippen molar-refractivity contribution in [2.75, 3.05) is 0 Å². The highest BCUT2D eigenvalue weighted by Gasteiger charge is 2.09. The Morgan fingerprint density at radius 1 is 1.00 bits per heavy atom. The molecule has 2 rings (SSSR count). The van der Waals surface area contributed by atoms with E-state index in [0.717, 1.165) is 18.2 Å². The summed E-state index contributed by atoms with van der Waals surface area (Å²) in [5.74, 6) is -3.60. The van der Waals surface area contributed by atoms with E-state index in [9.17, 15) is 23.5 Å². The zero-order chi connectivity index (χ0) is 15.4. The summed E-state index contributed by atoms with van der Waals surface area (Å²) in [5, 5.41) is 10.6. The summed E-state index contributed by atoms with van der Waals surface area (Å²) in [5.41, 5.74) is 0.345. The molecule has 21 heavy (non-hydrogen) atoms. The predicted octanol–water partition coefficient (Wildman–Crippen LogP) is 2.22. The highest BCUT2D eigenvalue weighted by molar-refractivity contribution is 6.07. The number of aromatic carboxylic acids is 1. The van der Waals surface area contributed by atoms with Crippen LogP contribution in [0.4, 0.5) is 8.78 Å². The van der Waals surface area contributed by atoms with Gasteiger partial charge in [-0.3, -0.25) is 4.79 Å². The number of allylic oxidation sites excluding steroid dienone is 1. The largest absolute Gasteiger partial charge is 0.545 e. The number of carboxylic acid groups (broad SMARTS) is 1. The zero-order valence-electron chi connectivity index (χ0n) is 10.7. The van der Waals surface area contributed by atoms with Gasteiger partial charge in [0.05, 0.1) is 11.5 Å². The van der Waals surface area contributed by atoms with Crippen molar-refractivity contribution in [3.8, 4) is 0 Å². The highest BCUT2D eigenvalue weighted by Crippen LogP contribution is 2.12. The highest BCUT2D eigenvalue weighted by atomic mass is 19.1. The first-order chi connectivity index (χ1) is 9.97. The summed E-state index contributed by atoms with van der Waals surface area (Å²) in [4.78, 5) is 22.3. The molecule has 0 bridgehead atoms. The quantitative estimate of drug-likeness (QED) is 0.640. The van der Waals surface area contributed by atoms with E-state index in [1.165, 1.54) is 30.3 Å². The van der Waals surface area contributed by atoms with Gasteiger partial charge in [-0.15, -0.1) is 0 Å². The zero-order valence-corrected chi connectivity index (χ0v) is 10.7. The first kappa shape index (κ1) is 14.6. The van der Waals surface area contributed by atoms with Gasteiger partial charge in [0, 0.05) is 6.07 Å². The van der Waals surface area contributed by atoms with E-state index in [1.807, 2.05) is 0 Å². The van der Waals surface area contributed by atoms with Crippen molar-refractivity contribution in [3.63, 3.8) is 0 Å². The molecule has 0 heterocycles. The minimum absolute atomic E-state index is 0.0167. The maximum atomic E-state index is 13.4. The van der Waals surface area contributed by atoms with Crippen LogP contribution in [0.3, 0.4) is 0 Å². The fraction of sp³-hybridized carbons (Fsp3) is 0. The molecule has 0 aliphatic rings. The third kappa shape index (κ3) is 3.60. The molecule has 0 aromatic heterocycles. The number of hydrogen-bond acceptors (Lipinski definition) is 3. The standard InChI is InChI=1S/C16H10F2O3/c17-12-6-7-13(14(18)9-12)15(19)8-3-10-1-4-11(5-2-10)16(20)21/h1-9H,(H,20,21)/p-1/b8-3+. The molecular weight excluding hydrogens is 278 g/mol. The topological polar surface area (TPSA) is 57.2 Å². The molecule has 106 valence electrons. The first-order valence-corrected chi connectivity index (χ1v) is 5.96. The van der Waals surface area contributed by atoms with Crippen LogP contribution < -0.4 is 5.11 Å². The van der Waals surface area contributed by atoms with Crippen LogP contribution in [-0.4, -0.2) is 11.8 Å². The van der Waals surface area contributed by atoms with Crippen molar-refractivity contribution in [2.24, 2.45) is 0 Å². The van der Waals surface area contributed by atoms with Gasteiger partial charge in [-0.25, -0.2) is 8.78 Å². The third-order valence-corrected chi connectivity index (χ3v) is 2.77. The second kappa shape index (κ2) is 6.09. The van der Waals surface area contributed by atoms with E-state index in [-0.39, 0.29) is 11.1 Å². The monoisotopic (exact) mass is 287 g/mol. The summed E-state index contributed by atoms with van der Waals surface area (Å²) in [6.45, 7) is 0. The van der Waals surface area contributed by atoms with Gasteiger partial charge in [0.15, 0.2) is 5.78 Å². The SMILES string of the molecule is O=C([O-])c1ccc(/C=C/C(=O)c2ccc(F)cc2F)cc1. The molecule has 0 aliphatic heterocycles. The number of carboxylic acids is 1. The average molecular weight is 287 g/mol. The van der Waals surface area contributed by atoms with Crippen molar-refractivity contribution in [2.45, 2.75) is 0 Å². The Morgan fingerprint density at radius 2 is 1.67 bits per heavy atom. The maximum Gasteiger partial charge on any atom is 0.188 e. The van der Waals surface area contributed by atoms with Gasteiger partial charge in [-0.1, -0.05) is 30.3 Å². The Kier molecular flexibility index (Phi) is 4.23. The lowest BCUT2D eigenvalue weighted by molar-refractivity contribution is -0.255. The molecule has 0 radical (unpaired) electrons. The maximum absolute atomic E-state index is 13.4. The van der Waals surface area contributed by atoms with Crippen molar-refractivity contribution in [1.29, 1.82) is 0 Å². The van der Waals surface area contributed by atoms with E-state index < -0.39 is 23.4 Å².